The second kappa shape index (κ2) is 11.3. The lowest BCUT2D eigenvalue weighted by Gasteiger charge is -2.30. The maximum Gasteiger partial charge on any atom is 0.191 e. The Labute approximate surface area is 176 Å². The lowest BCUT2D eigenvalue weighted by atomic mass is 10.0. The van der Waals surface area contributed by atoms with E-state index in [0.29, 0.717) is 6.04 Å². The smallest absolute Gasteiger partial charge is 0.191 e. The summed E-state index contributed by atoms with van der Waals surface area (Å²) in [7, 11) is 3.60. The molecule has 2 heterocycles. The van der Waals surface area contributed by atoms with Gasteiger partial charge < -0.3 is 25.2 Å². The number of ether oxygens (including phenoxy) is 1. The molecule has 2 aliphatic rings. The Morgan fingerprint density at radius 1 is 1.17 bits per heavy atom. The maximum absolute atomic E-state index is 5.52. The quantitative estimate of drug-likeness (QED) is 0.398. The van der Waals surface area contributed by atoms with E-state index in [2.05, 4.69) is 44.5 Å². The summed E-state index contributed by atoms with van der Waals surface area (Å²) in [4.78, 5) is 9.44. The van der Waals surface area contributed by atoms with Gasteiger partial charge in [-0.3, -0.25) is 4.99 Å². The lowest BCUT2D eigenvalue weighted by Crippen LogP contribution is -2.45. The van der Waals surface area contributed by atoms with E-state index in [9.17, 15) is 0 Å². The molecular weight excluding hydrogens is 362 g/mol. The Balaban J connectivity index is 1.35. The fourth-order valence-electron chi connectivity index (χ4n) is 4.53. The van der Waals surface area contributed by atoms with Crippen molar-refractivity contribution >= 4 is 11.6 Å². The van der Waals surface area contributed by atoms with E-state index < -0.39 is 0 Å². The number of rotatable bonds is 8. The van der Waals surface area contributed by atoms with Gasteiger partial charge in [0.05, 0.1) is 12.8 Å². The first-order valence-electron chi connectivity index (χ1n) is 11.3. The molecule has 0 amide bonds. The number of likely N-dealkylation sites (tertiary alicyclic amines) is 1. The molecule has 2 fully saturated rings. The Morgan fingerprint density at radius 3 is 2.83 bits per heavy atom. The van der Waals surface area contributed by atoms with Crippen LogP contribution in [0.25, 0.3) is 0 Å². The largest absolute Gasteiger partial charge is 0.495 e. The van der Waals surface area contributed by atoms with Gasteiger partial charge in [-0.2, -0.15) is 0 Å². The van der Waals surface area contributed by atoms with E-state index in [1.54, 1.807) is 7.11 Å². The summed E-state index contributed by atoms with van der Waals surface area (Å²) in [6.07, 6.45) is 6.30. The standard InChI is InChI=1S/C23H39N5O/c1-19-9-8-15-27(17-19)14-7-6-13-25-23(24-2)26-20-12-16-28(18-20)21-10-4-5-11-22(21)29-3/h4-5,10-11,19-20H,6-9,12-18H2,1-3H3,(H2,24,25,26). The summed E-state index contributed by atoms with van der Waals surface area (Å²) >= 11 is 0. The Morgan fingerprint density at radius 2 is 2.03 bits per heavy atom. The van der Waals surface area contributed by atoms with Gasteiger partial charge in [0.2, 0.25) is 0 Å². The molecule has 162 valence electrons. The van der Waals surface area contributed by atoms with Crippen molar-refractivity contribution in [3.8, 4) is 5.75 Å². The zero-order chi connectivity index (χ0) is 20.5. The molecule has 2 atom stereocenters. The van der Waals surface area contributed by atoms with E-state index in [1.165, 1.54) is 51.0 Å². The van der Waals surface area contributed by atoms with Gasteiger partial charge in [-0.1, -0.05) is 19.1 Å². The minimum Gasteiger partial charge on any atom is -0.495 e. The number of piperidine rings is 1. The first kappa shape index (κ1) is 21.8. The lowest BCUT2D eigenvalue weighted by molar-refractivity contribution is 0.181. The summed E-state index contributed by atoms with van der Waals surface area (Å²) in [6.45, 7) is 9.14. The number of guanidine groups is 1. The van der Waals surface area contributed by atoms with Crippen LogP contribution in [0.5, 0.6) is 5.75 Å². The third-order valence-corrected chi connectivity index (χ3v) is 6.11. The van der Waals surface area contributed by atoms with Crippen molar-refractivity contribution in [3.05, 3.63) is 24.3 Å². The van der Waals surface area contributed by atoms with Crippen molar-refractivity contribution in [1.82, 2.24) is 15.5 Å². The van der Waals surface area contributed by atoms with Crippen molar-refractivity contribution < 1.29 is 4.74 Å². The Bertz CT molecular complexity index is 650. The molecule has 0 aromatic heterocycles. The molecule has 2 unspecified atom stereocenters. The minimum atomic E-state index is 0.404. The first-order valence-corrected chi connectivity index (χ1v) is 11.3. The summed E-state index contributed by atoms with van der Waals surface area (Å²) in [5.74, 6) is 2.73. The van der Waals surface area contributed by atoms with Crippen LogP contribution in [-0.2, 0) is 0 Å². The van der Waals surface area contributed by atoms with Gasteiger partial charge in [0.1, 0.15) is 5.75 Å². The van der Waals surface area contributed by atoms with Crippen molar-refractivity contribution in [1.29, 1.82) is 0 Å². The van der Waals surface area contributed by atoms with Crippen molar-refractivity contribution in [2.24, 2.45) is 10.9 Å². The van der Waals surface area contributed by atoms with Crippen LogP contribution in [0, 0.1) is 5.92 Å². The molecule has 6 heteroatoms. The number of unbranched alkanes of at least 4 members (excludes halogenated alkanes) is 1. The molecule has 2 aliphatic heterocycles. The second-order valence-corrected chi connectivity index (χ2v) is 8.50. The molecule has 3 rings (SSSR count). The van der Waals surface area contributed by atoms with Crippen LogP contribution in [0.15, 0.2) is 29.3 Å². The van der Waals surface area contributed by atoms with Crippen LogP contribution in [0.2, 0.25) is 0 Å². The maximum atomic E-state index is 5.52. The van der Waals surface area contributed by atoms with Gasteiger partial charge in [0.25, 0.3) is 0 Å². The number of anilines is 1. The highest BCUT2D eigenvalue weighted by Gasteiger charge is 2.25. The van der Waals surface area contributed by atoms with Crippen molar-refractivity contribution in [2.75, 3.05) is 58.3 Å². The molecule has 1 aromatic carbocycles. The van der Waals surface area contributed by atoms with Crippen molar-refractivity contribution in [3.63, 3.8) is 0 Å². The number of hydrogen-bond acceptors (Lipinski definition) is 4. The Hall–Kier alpha value is -1.95. The SMILES string of the molecule is CN=C(NCCCCN1CCCC(C)C1)NC1CCN(c2ccccc2OC)C1. The first-order chi connectivity index (χ1) is 14.2. The molecule has 0 radical (unpaired) electrons. The minimum absolute atomic E-state index is 0.404. The highest BCUT2D eigenvalue weighted by molar-refractivity contribution is 5.80. The average molecular weight is 402 g/mol. The second-order valence-electron chi connectivity index (χ2n) is 8.50. The summed E-state index contributed by atoms with van der Waals surface area (Å²) in [5.41, 5.74) is 1.18. The van der Waals surface area contributed by atoms with Gasteiger partial charge in [0, 0.05) is 39.3 Å². The van der Waals surface area contributed by atoms with Gasteiger partial charge in [0.15, 0.2) is 5.96 Å². The molecule has 2 N–H and O–H groups in total. The van der Waals surface area contributed by atoms with E-state index in [-0.39, 0.29) is 0 Å². The molecule has 0 spiro atoms. The van der Waals surface area contributed by atoms with E-state index >= 15 is 0 Å². The van der Waals surface area contributed by atoms with Crippen LogP contribution < -0.4 is 20.3 Å². The topological polar surface area (TPSA) is 52.1 Å². The van der Waals surface area contributed by atoms with Gasteiger partial charge in [-0.05, 0) is 63.2 Å². The van der Waals surface area contributed by atoms with Gasteiger partial charge in [-0.25, -0.2) is 0 Å². The molecule has 0 bridgehead atoms. The van der Waals surface area contributed by atoms with Crippen LogP contribution >= 0.6 is 0 Å². The predicted molar refractivity (Wildman–Crippen MR) is 122 cm³/mol. The van der Waals surface area contributed by atoms with E-state index in [4.69, 9.17) is 4.74 Å². The number of benzene rings is 1. The van der Waals surface area contributed by atoms with Crippen LogP contribution in [0.4, 0.5) is 5.69 Å². The molecular formula is C23H39N5O. The van der Waals surface area contributed by atoms with Crippen LogP contribution in [0.3, 0.4) is 0 Å². The van der Waals surface area contributed by atoms with E-state index in [1.807, 2.05) is 19.2 Å². The normalized spacial score (nSPS) is 23.3. The summed E-state index contributed by atoms with van der Waals surface area (Å²) in [5, 5.41) is 7.09. The van der Waals surface area contributed by atoms with Gasteiger partial charge >= 0.3 is 0 Å². The monoisotopic (exact) mass is 401 g/mol. The third kappa shape index (κ3) is 6.53. The Kier molecular flexibility index (Phi) is 8.47. The number of nitrogens with one attached hydrogen (secondary N) is 2. The average Bonchev–Trinajstić information content (AvgIpc) is 3.21. The van der Waals surface area contributed by atoms with E-state index in [0.717, 1.165) is 43.7 Å². The number of methoxy groups -OCH3 is 1. The third-order valence-electron chi connectivity index (χ3n) is 6.11. The molecule has 29 heavy (non-hydrogen) atoms. The zero-order valence-electron chi connectivity index (χ0n) is 18.5. The van der Waals surface area contributed by atoms with Crippen LogP contribution in [0.1, 0.15) is 39.0 Å². The van der Waals surface area contributed by atoms with Gasteiger partial charge in [-0.15, -0.1) is 0 Å². The van der Waals surface area contributed by atoms with Crippen LogP contribution in [-0.4, -0.2) is 70.3 Å². The number of hydrogen-bond donors (Lipinski definition) is 2. The number of para-hydroxylation sites is 2. The highest BCUT2D eigenvalue weighted by atomic mass is 16.5. The summed E-state index contributed by atoms with van der Waals surface area (Å²) < 4.78 is 5.52. The highest BCUT2D eigenvalue weighted by Crippen LogP contribution is 2.30. The zero-order valence-corrected chi connectivity index (χ0v) is 18.5. The number of nitrogens with zero attached hydrogens (tertiary/aromatic N) is 3. The molecule has 6 nitrogen and oxygen atoms in total. The molecule has 0 aliphatic carbocycles. The summed E-state index contributed by atoms with van der Waals surface area (Å²) in [6, 6.07) is 8.66. The fourth-order valence-corrected chi connectivity index (χ4v) is 4.53. The van der Waals surface area contributed by atoms with Crippen molar-refractivity contribution in [2.45, 2.75) is 45.1 Å². The molecule has 2 saturated heterocycles. The molecule has 0 saturated carbocycles. The predicted octanol–water partition coefficient (Wildman–Crippen LogP) is 2.95. The fraction of sp³-hybridized carbons (Fsp3) is 0.696. The number of aliphatic imine (C=N–C) groups is 1. The molecule has 1 aromatic rings.